The van der Waals surface area contributed by atoms with Gasteiger partial charge >= 0.3 is 0 Å². The standard InChI is InChI=1S/C23H38N4O2S.HI/c1-3-24-23(25-16-15-19-11-13-22(14-12-19)30(2,28)29)26-20-8-7-17-27(18-20)21-9-5-4-6-10-21;/h11-14,20-21H,3-10,15-18H2,1-2H3,(H2,24,25,26);1H. The monoisotopic (exact) mass is 562 g/mol. The minimum Gasteiger partial charge on any atom is -0.357 e. The first-order valence-electron chi connectivity index (χ1n) is 11.5. The van der Waals surface area contributed by atoms with E-state index < -0.39 is 9.84 Å². The number of nitrogens with zero attached hydrogens (tertiary/aromatic N) is 2. The molecule has 1 unspecified atom stereocenters. The second-order valence-corrected chi connectivity index (χ2v) is 10.7. The van der Waals surface area contributed by atoms with E-state index in [1.165, 1.54) is 57.7 Å². The van der Waals surface area contributed by atoms with Gasteiger partial charge in [0.1, 0.15) is 0 Å². The summed E-state index contributed by atoms with van der Waals surface area (Å²) in [5, 5.41) is 7.04. The molecule has 1 aromatic carbocycles. The molecule has 1 aliphatic carbocycles. The Balaban J connectivity index is 0.00000341. The van der Waals surface area contributed by atoms with Crippen LogP contribution in [0, 0.1) is 0 Å². The number of aliphatic imine (C=N–C) groups is 1. The Kier molecular flexibility index (Phi) is 11.1. The van der Waals surface area contributed by atoms with Gasteiger partial charge in [-0.25, -0.2) is 8.42 Å². The zero-order valence-electron chi connectivity index (χ0n) is 19.0. The minimum atomic E-state index is -3.14. The molecule has 1 aliphatic heterocycles. The fourth-order valence-corrected chi connectivity index (χ4v) is 5.25. The number of sulfone groups is 1. The highest BCUT2D eigenvalue weighted by Gasteiger charge is 2.27. The van der Waals surface area contributed by atoms with Crippen LogP contribution in [-0.4, -0.2) is 63.8 Å². The quantitative estimate of drug-likeness (QED) is 0.302. The number of halogens is 1. The van der Waals surface area contributed by atoms with Gasteiger partial charge in [-0.05, 0) is 63.3 Å². The highest BCUT2D eigenvalue weighted by Crippen LogP contribution is 2.25. The van der Waals surface area contributed by atoms with Crippen molar-refractivity contribution < 1.29 is 8.42 Å². The van der Waals surface area contributed by atoms with E-state index in [0.717, 1.165) is 37.1 Å². The highest BCUT2D eigenvalue weighted by molar-refractivity contribution is 14.0. The van der Waals surface area contributed by atoms with Crippen LogP contribution >= 0.6 is 24.0 Å². The van der Waals surface area contributed by atoms with Gasteiger partial charge in [0.25, 0.3) is 0 Å². The van der Waals surface area contributed by atoms with Gasteiger partial charge in [0.2, 0.25) is 0 Å². The molecular weight excluding hydrogens is 523 g/mol. The van der Waals surface area contributed by atoms with Gasteiger partial charge < -0.3 is 10.6 Å². The van der Waals surface area contributed by atoms with Gasteiger partial charge in [0.15, 0.2) is 15.8 Å². The van der Waals surface area contributed by atoms with E-state index in [9.17, 15) is 8.42 Å². The summed E-state index contributed by atoms with van der Waals surface area (Å²) >= 11 is 0. The maximum Gasteiger partial charge on any atom is 0.191 e. The molecule has 3 rings (SSSR count). The molecule has 8 heteroatoms. The molecule has 31 heavy (non-hydrogen) atoms. The first-order valence-corrected chi connectivity index (χ1v) is 13.4. The molecule has 0 radical (unpaired) electrons. The Morgan fingerprint density at radius 3 is 2.45 bits per heavy atom. The lowest BCUT2D eigenvalue weighted by atomic mass is 9.92. The Hall–Kier alpha value is -0.870. The topological polar surface area (TPSA) is 73.8 Å². The van der Waals surface area contributed by atoms with Crippen LogP contribution in [-0.2, 0) is 16.3 Å². The molecule has 176 valence electrons. The predicted molar refractivity (Wildman–Crippen MR) is 139 cm³/mol. The first-order chi connectivity index (χ1) is 14.5. The number of rotatable bonds is 7. The van der Waals surface area contributed by atoms with Crippen LogP contribution in [0.25, 0.3) is 0 Å². The largest absolute Gasteiger partial charge is 0.357 e. The summed E-state index contributed by atoms with van der Waals surface area (Å²) in [4.78, 5) is 7.84. The number of benzene rings is 1. The van der Waals surface area contributed by atoms with E-state index in [2.05, 4.69) is 22.5 Å². The zero-order chi connectivity index (χ0) is 21.4. The van der Waals surface area contributed by atoms with Crippen LogP contribution in [0.3, 0.4) is 0 Å². The van der Waals surface area contributed by atoms with Crippen LogP contribution in [0.15, 0.2) is 34.2 Å². The summed E-state index contributed by atoms with van der Waals surface area (Å²) < 4.78 is 23.2. The summed E-state index contributed by atoms with van der Waals surface area (Å²) in [5.74, 6) is 0.890. The molecule has 1 aromatic rings. The van der Waals surface area contributed by atoms with Gasteiger partial charge in [-0.15, -0.1) is 24.0 Å². The summed E-state index contributed by atoms with van der Waals surface area (Å²) in [6.07, 6.45) is 11.4. The predicted octanol–water partition coefficient (Wildman–Crippen LogP) is 3.60. The van der Waals surface area contributed by atoms with Gasteiger partial charge in [-0.1, -0.05) is 31.4 Å². The SMILES string of the molecule is CCNC(=NCCc1ccc(S(C)(=O)=O)cc1)NC1CCCN(C2CCCCC2)C1.I. The van der Waals surface area contributed by atoms with E-state index in [4.69, 9.17) is 4.99 Å². The van der Waals surface area contributed by atoms with Crippen molar-refractivity contribution in [1.29, 1.82) is 0 Å². The Labute approximate surface area is 205 Å². The van der Waals surface area contributed by atoms with E-state index in [1.54, 1.807) is 12.1 Å². The maximum absolute atomic E-state index is 11.6. The highest BCUT2D eigenvalue weighted by atomic mass is 127. The van der Waals surface area contributed by atoms with Gasteiger partial charge in [-0.2, -0.15) is 0 Å². The summed E-state index contributed by atoms with van der Waals surface area (Å²) in [5.41, 5.74) is 1.10. The normalized spacial score (nSPS) is 21.4. The molecule has 2 N–H and O–H groups in total. The molecule has 1 atom stereocenters. The third kappa shape index (κ3) is 8.53. The van der Waals surface area contributed by atoms with Gasteiger partial charge in [-0.3, -0.25) is 9.89 Å². The van der Waals surface area contributed by atoms with Crippen molar-refractivity contribution in [2.24, 2.45) is 4.99 Å². The van der Waals surface area contributed by atoms with Crippen molar-refractivity contribution in [3.63, 3.8) is 0 Å². The van der Waals surface area contributed by atoms with Crippen LogP contribution in [0.4, 0.5) is 0 Å². The lowest BCUT2D eigenvalue weighted by Crippen LogP contribution is -2.53. The molecule has 1 heterocycles. The van der Waals surface area contributed by atoms with Crippen molar-refractivity contribution >= 4 is 39.8 Å². The van der Waals surface area contributed by atoms with Crippen molar-refractivity contribution in [3.05, 3.63) is 29.8 Å². The molecule has 0 amide bonds. The maximum atomic E-state index is 11.6. The lowest BCUT2D eigenvalue weighted by molar-refractivity contribution is 0.115. The van der Waals surface area contributed by atoms with E-state index in [1.807, 2.05) is 12.1 Å². The third-order valence-electron chi connectivity index (χ3n) is 6.25. The fourth-order valence-electron chi connectivity index (χ4n) is 4.62. The van der Waals surface area contributed by atoms with E-state index in [0.29, 0.717) is 17.5 Å². The Bertz CT molecular complexity index is 792. The van der Waals surface area contributed by atoms with Crippen molar-refractivity contribution in [2.75, 3.05) is 32.4 Å². The number of hydrogen-bond donors (Lipinski definition) is 2. The second-order valence-electron chi connectivity index (χ2n) is 8.70. The smallest absolute Gasteiger partial charge is 0.191 e. The average Bonchev–Trinajstić information content (AvgIpc) is 2.74. The number of hydrogen-bond acceptors (Lipinski definition) is 4. The second kappa shape index (κ2) is 13.0. The van der Waals surface area contributed by atoms with E-state index in [-0.39, 0.29) is 24.0 Å². The number of piperidine rings is 1. The Morgan fingerprint density at radius 1 is 1.10 bits per heavy atom. The lowest BCUT2D eigenvalue weighted by Gasteiger charge is -2.40. The molecule has 2 aliphatic rings. The molecule has 1 saturated carbocycles. The molecule has 1 saturated heterocycles. The van der Waals surface area contributed by atoms with Crippen molar-refractivity contribution in [1.82, 2.24) is 15.5 Å². The minimum absolute atomic E-state index is 0. The van der Waals surface area contributed by atoms with E-state index >= 15 is 0 Å². The summed E-state index contributed by atoms with van der Waals surface area (Å²) in [6, 6.07) is 8.36. The van der Waals surface area contributed by atoms with Crippen LogP contribution < -0.4 is 10.6 Å². The third-order valence-corrected chi connectivity index (χ3v) is 7.38. The average molecular weight is 563 g/mol. The first kappa shape index (κ1) is 26.4. The number of nitrogens with one attached hydrogen (secondary N) is 2. The van der Waals surface area contributed by atoms with Crippen LogP contribution in [0.1, 0.15) is 57.4 Å². The molecule has 6 nitrogen and oxygen atoms in total. The number of likely N-dealkylation sites (tertiary alicyclic amines) is 1. The summed E-state index contributed by atoms with van der Waals surface area (Å²) in [7, 11) is -3.14. The number of guanidine groups is 1. The molecule has 0 spiro atoms. The molecule has 0 aromatic heterocycles. The summed E-state index contributed by atoms with van der Waals surface area (Å²) in [6.45, 7) is 5.96. The van der Waals surface area contributed by atoms with Crippen molar-refractivity contribution in [3.8, 4) is 0 Å². The fraction of sp³-hybridized carbons (Fsp3) is 0.696. The molecule has 2 fully saturated rings. The zero-order valence-corrected chi connectivity index (χ0v) is 22.1. The Morgan fingerprint density at radius 2 is 1.81 bits per heavy atom. The van der Waals surface area contributed by atoms with Crippen LogP contribution in [0.5, 0.6) is 0 Å². The van der Waals surface area contributed by atoms with Gasteiger partial charge in [0, 0.05) is 38.0 Å². The van der Waals surface area contributed by atoms with Crippen LogP contribution in [0.2, 0.25) is 0 Å². The molecule has 0 bridgehead atoms. The van der Waals surface area contributed by atoms with Crippen molar-refractivity contribution in [2.45, 2.75) is 75.3 Å². The molecular formula is C23H39IN4O2S. The van der Waals surface area contributed by atoms with Gasteiger partial charge in [0.05, 0.1) is 4.90 Å².